The number of nitro benzene ring substituents is 1. The summed E-state index contributed by atoms with van der Waals surface area (Å²) < 4.78 is 40.0. The molecule has 0 bridgehead atoms. The van der Waals surface area contributed by atoms with Crippen LogP contribution < -0.4 is 0 Å². The van der Waals surface area contributed by atoms with Crippen molar-refractivity contribution in [1.29, 1.82) is 0 Å². The van der Waals surface area contributed by atoms with E-state index in [9.17, 15) is 33.6 Å². The fraction of sp³-hybridized carbons (Fsp3) is 0.484. The number of nitro groups is 1. The first-order valence-electron chi connectivity index (χ1n) is 14.5. The van der Waals surface area contributed by atoms with Gasteiger partial charge in [-0.1, -0.05) is 0 Å². The molecule has 1 atom stereocenters. The van der Waals surface area contributed by atoms with E-state index in [0.29, 0.717) is 16.5 Å². The van der Waals surface area contributed by atoms with Gasteiger partial charge < -0.3 is 19.5 Å². The molecule has 0 amide bonds. The van der Waals surface area contributed by atoms with E-state index in [2.05, 4.69) is 0 Å². The van der Waals surface area contributed by atoms with Crippen molar-refractivity contribution in [2.75, 3.05) is 13.7 Å². The number of hydrogen-bond donors (Lipinski definition) is 1. The average Bonchev–Trinajstić information content (AvgIpc) is 3.35. The first kappa shape index (κ1) is 32.5. The Bertz CT molecular complexity index is 1710. The van der Waals surface area contributed by atoms with E-state index in [1.54, 1.807) is 38.7 Å². The van der Waals surface area contributed by atoms with Crippen LogP contribution in [0.1, 0.15) is 79.5 Å². The summed E-state index contributed by atoms with van der Waals surface area (Å²) in [5, 5.41) is 21.9. The lowest BCUT2D eigenvalue weighted by Crippen LogP contribution is -2.58. The zero-order valence-corrected chi connectivity index (χ0v) is 25.7. The quantitative estimate of drug-likeness (QED) is 0.164. The van der Waals surface area contributed by atoms with E-state index >= 15 is 0 Å². The third-order valence-electron chi connectivity index (χ3n) is 8.76. The van der Waals surface area contributed by atoms with Crippen molar-refractivity contribution in [3.63, 3.8) is 0 Å². The van der Waals surface area contributed by atoms with Gasteiger partial charge in [-0.15, -0.1) is 0 Å². The number of hydrogen-bond acceptors (Lipinski definition) is 8. The highest BCUT2D eigenvalue weighted by Crippen LogP contribution is 2.62. The minimum Gasteiger partial charge on any atom is -0.508 e. The molecule has 1 saturated heterocycles. The number of benzene rings is 2. The Morgan fingerprint density at radius 1 is 1.16 bits per heavy atom. The van der Waals surface area contributed by atoms with Crippen LogP contribution in [0.15, 0.2) is 36.5 Å². The van der Waals surface area contributed by atoms with Crippen LogP contribution in [0.2, 0.25) is 0 Å². The summed E-state index contributed by atoms with van der Waals surface area (Å²) in [7, 11) is 14.9. The molecule has 45 heavy (non-hydrogen) atoms. The van der Waals surface area contributed by atoms with Gasteiger partial charge in [0.05, 0.1) is 38.8 Å². The summed E-state index contributed by atoms with van der Waals surface area (Å²) in [5.41, 5.74) is -1.03. The monoisotopic (exact) mass is 619 g/mol. The lowest BCUT2D eigenvalue weighted by molar-refractivity contribution is -0.386. The predicted molar refractivity (Wildman–Crippen MR) is 163 cm³/mol. The van der Waals surface area contributed by atoms with E-state index in [1.165, 1.54) is 29.0 Å². The largest absolute Gasteiger partial charge is 0.508 e. The summed E-state index contributed by atoms with van der Waals surface area (Å²) in [5.74, 6) is -3.92. The fourth-order valence-electron chi connectivity index (χ4n) is 7.00. The van der Waals surface area contributed by atoms with E-state index < -0.39 is 51.0 Å². The molecule has 1 N–H and O–H groups in total. The van der Waals surface area contributed by atoms with Crippen molar-refractivity contribution in [3.8, 4) is 5.75 Å². The number of ether oxygens (including phenoxy) is 2. The van der Waals surface area contributed by atoms with Gasteiger partial charge in [-0.05, 0) is 87.7 Å². The minimum atomic E-state index is -2.86. The molecule has 3 aromatic rings. The maximum Gasteiger partial charge on any atom is 0.419 e. The first-order chi connectivity index (χ1) is 20.8. The lowest BCUT2D eigenvalue weighted by Gasteiger charge is -2.58. The number of esters is 1. The molecule has 2 fully saturated rings. The summed E-state index contributed by atoms with van der Waals surface area (Å²) in [6.45, 7) is 6.93. The van der Waals surface area contributed by atoms with Crippen LogP contribution in [-0.2, 0) is 14.8 Å². The van der Waals surface area contributed by atoms with Crippen molar-refractivity contribution in [2.45, 2.75) is 76.3 Å². The number of carbonyl (C=O) groups is 2. The van der Waals surface area contributed by atoms with Crippen molar-refractivity contribution >= 4 is 44.3 Å². The Hall–Kier alpha value is -3.93. The number of phenols is 1. The van der Waals surface area contributed by atoms with Gasteiger partial charge in [0, 0.05) is 47.7 Å². The maximum absolute atomic E-state index is 14.2. The number of carbonyl (C=O) groups excluding carboxylic acids is 2. The summed E-state index contributed by atoms with van der Waals surface area (Å²) in [6, 6.07) is 5.84. The van der Waals surface area contributed by atoms with Gasteiger partial charge in [0.1, 0.15) is 11.4 Å². The zero-order chi connectivity index (χ0) is 33.3. The number of halogens is 2. The fourth-order valence-corrected chi connectivity index (χ4v) is 7.00. The van der Waals surface area contributed by atoms with Gasteiger partial charge in [-0.3, -0.25) is 14.7 Å². The smallest absolute Gasteiger partial charge is 0.419 e. The number of piperidine rings is 1. The molecule has 10 nitrogen and oxygen atoms in total. The normalized spacial score (nSPS) is 19.7. The van der Waals surface area contributed by atoms with Crippen LogP contribution in [0, 0.1) is 22.5 Å². The number of aryl methyl sites for hydroxylation is 1. The van der Waals surface area contributed by atoms with Crippen LogP contribution in [0.5, 0.6) is 5.75 Å². The van der Waals surface area contributed by atoms with E-state index in [0.717, 1.165) is 13.2 Å². The topological polar surface area (TPSA) is 124 Å². The molecule has 1 saturated carbocycles. The Morgan fingerprint density at radius 3 is 2.40 bits per heavy atom. The molecule has 5 rings (SSSR count). The zero-order valence-electron chi connectivity index (χ0n) is 25.7. The molecule has 2 heterocycles. The lowest BCUT2D eigenvalue weighted by atomic mass is 9.52. The van der Waals surface area contributed by atoms with Crippen molar-refractivity contribution in [1.82, 2.24) is 9.47 Å². The second-order valence-electron chi connectivity index (χ2n) is 13.2. The minimum absolute atomic E-state index is 0.0409. The van der Waals surface area contributed by atoms with Gasteiger partial charge in [0.2, 0.25) is 5.92 Å². The van der Waals surface area contributed by atoms with Gasteiger partial charge in [0.15, 0.2) is 0 Å². The van der Waals surface area contributed by atoms with Crippen LogP contribution in [0.25, 0.3) is 10.9 Å². The van der Waals surface area contributed by atoms with Gasteiger partial charge >= 0.3 is 12.1 Å². The number of rotatable bonds is 5. The second kappa shape index (κ2) is 10.9. The second-order valence-corrected chi connectivity index (χ2v) is 13.2. The highest BCUT2D eigenvalue weighted by molar-refractivity contribution is 6.41. The van der Waals surface area contributed by atoms with Crippen LogP contribution in [0.3, 0.4) is 0 Å². The molecule has 2 aliphatic rings. The molecular weight excluding hydrogens is 586 g/mol. The van der Waals surface area contributed by atoms with E-state index in [1.807, 2.05) is 0 Å². The molecule has 1 aliphatic carbocycles. The summed E-state index contributed by atoms with van der Waals surface area (Å²) >= 11 is 0. The van der Waals surface area contributed by atoms with Crippen LogP contribution in [-0.4, -0.2) is 72.4 Å². The molecule has 2 aromatic carbocycles. The van der Waals surface area contributed by atoms with Gasteiger partial charge in [-0.25, -0.2) is 18.4 Å². The standard InChI is InChI=1S/C31H33B2F2N3O7/c1-17-12-23(39)24(20-8-10-36(25(17)20)27(41)45-28(2,3)4)31(32,33)37-11-9-29(15-30(34,35)16-29)14-22(37)19-7-6-18(26(40)44-5)13-21(19)38(42)43/h6-8,10,12-13,22,39H,9,11,14-16H2,1-5H3. The van der Waals surface area contributed by atoms with Gasteiger partial charge in [0.25, 0.3) is 5.69 Å². The Kier molecular flexibility index (Phi) is 7.83. The molecular formula is C31H33B2F2N3O7. The third-order valence-corrected chi connectivity index (χ3v) is 8.76. The third kappa shape index (κ3) is 5.80. The Morgan fingerprint density at radius 2 is 1.82 bits per heavy atom. The number of fused-ring (bicyclic) bond motifs is 1. The van der Waals surface area contributed by atoms with Crippen LogP contribution in [0.4, 0.5) is 19.3 Å². The molecule has 1 aliphatic heterocycles. The molecule has 1 spiro atoms. The number of aromatic hydroxyl groups is 1. The SMILES string of the molecule is [B]C([B])(c1c(O)cc(C)c2c1ccn2C(=O)OC(C)(C)C)N1CCC2(CC1c1ccc(C(=O)OC)cc1[N+](=O)[O-])CC(F)(F)C2. The Balaban J connectivity index is 1.66. The molecule has 1 unspecified atom stereocenters. The maximum atomic E-state index is 14.2. The van der Waals surface area contributed by atoms with Crippen LogP contribution >= 0.6 is 0 Å². The Labute approximate surface area is 261 Å². The van der Waals surface area contributed by atoms with Crippen molar-refractivity contribution in [3.05, 3.63) is 68.9 Å². The highest BCUT2D eigenvalue weighted by atomic mass is 19.3. The summed E-state index contributed by atoms with van der Waals surface area (Å²) in [4.78, 5) is 38.5. The molecule has 234 valence electrons. The van der Waals surface area contributed by atoms with Gasteiger partial charge in [-0.2, -0.15) is 0 Å². The predicted octanol–water partition coefficient (Wildman–Crippen LogP) is 5.83. The van der Waals surface area contributed by atoms with Crippen molar-refractivity contribution < 1.29 is 37.9 Å². The van der Waals surface area contributed by atoms with E-state index in [4.69, 9.17) is 25.2 Å². The number of nitrogens with zero attached hydrogens (tertiary/aromatic N) is 3. The number of likely N-dealkylation sites (tertiary alicyclic amines) is 1. The average molecular weight is 619 g/mol. The highest BCUT2D eigenvalue weighted by Gasteiger charge is 2.60. The molecule has 14 heteroatoms. The number of methoxy groups -OCH3 is 1. The first-order valence-corrected chi connectivity index (χ1v) is 14.5. The summed E-state index contributed by atoms with van der Waals surface area (Å²) in [6.07, 6.45) is 0.366. The number of aromatic nitrogens is 1. The number of phenolic OH excluding ortho intramolecular Hbond substituents is 1. The number of alkyl halides is 2. The van der Waals surface area contributed by atoms with Crippen molar-refractivity contribution in [2.24, 2.45) is 5.41 Å². The van der Waals surface area contributed by atoms with E-state index in [-0.39, 0.29) is 54.7 Å². The molecule has 4 radical (unpaired) electrons. The molecule has 1 aromatic heterocycles.